The van der Waals surface area contributed by atoms with E-state index in [1.54, 1.807) is 11.3 Å². The van der Waals surface area contributed by atoms with Crippen molar-refractivity contribution in [1.82, 2.24) is 9.88 Å². The van der Waals surface area contributed by atoms with Gasteiger partial charge in [-0.25, -0.2) is 0 Å². The maximum absolute atomic E-state index is 12.3. The highest BCUT2D eigenvalue weighted by Crippen LogP contribution is 2.26. The van der Waals surface area contributed by atoms with Crippen LogP contribution in [-0.2, 0) is 13.5 Å². The number of nitrogens with one attached hydrogen (secondary N) is 1. The minimum absolute atomic E-state index is 0.0682. The third-order valence-corrected chi connectivity index (χ3v) is 4.77. The molecule has 3 nitrogen and oxygen atoms in total. The predicted molar refractivity (Wildman–Crippen MR) is 88.3 cm³/mol. The van der Waals surface area contributed by atoms with Crippen LogP contribution < -0.4 is 5.32 Å². The molecule has 0 aliphatic rings. The zero-order valence-electron chi connectivity index (χ0n) is 11.6. The Morgan fingerprint density at radius 3 is 2.90 bits per heavy atom. The highest BCUT2D eigenvalue weighted by Gasteiger charge is 2.14. The Kier molecular flexibility index (Phi) is 3.99. The van der Waals surface area contributed by atoms with E-state index in [9.17, 15) is 4.79 Å². The number of thiophene rings is 1. The van der Waals surface area contributed by atoms with Gasteiger partial charge in [-0.2, -0.15) is 0 Å². The third kappa shape index (κ3) is 2.82. The Balaban J connectivity index is 1.75. The molecule has 0 saturated carbocycles. The second-order valence-electron chi connectivity index (χ2n) is 4.85. The lowest BCUT2D eigenvalue weighted by Crippen LogP contribution is -2.27. The molecule has 2 heterocycles. The number of carbonyl (C=O) groups excluding carboxylic acids is 1. The Hall–Kier alpha value is -1.78. The zero-order valence-corrected chi connectivity index (χ0v) is 13.2. The zero-order chi connectivity index (χ0) is 14.8. The number of carbonyl (C=O) groups is 1. The molecule has 108 valence electrons. The molecule has 0 fully saturated rings. The van der Waals surface area contributed by atoms with Gasteiger partial charge in [0.2, 0.25) is 0 Å². The standard InChI is InChI=1S/C16H15ClN2OS/c1-19-14-6-2-5-13(17)12(14)10-15(19)16(20)18-8-7-11-4-3-9-21-11/h2-6,9-10H,7-8H2,1H3,(H,18,20). The van der Waals surface area contributed by atoms with Gasteiger partial charge in [-0.15, -0.1) is 11.3 Å². The summed E-state index contributed by atoms with van der Waals surface area (Å²) in [7, 11) is 1.88. The summed E-state index contributed by atoms with van der Waals surface area (Å²) in [5.74, 6) is -0.0682. The average Bonchev–Trinajstić information content (AvgIpc) is 3.08. The molecule has 1 N–H and O–H groups in total. The third-order valence-electron chi connectivity index (χ3n) is 3.50. The van der Waals surface area contributed by atoms with Crippen molar-refractivity contribution >= 4 is 39.7 Å². The molecule has 1 aromatic carbocycles. The number of fused-ring (bicyclic) bond motifs is 1. The minimum Gasteiger partial charge on any atom is -0.350 e. The van der Waals surface area contributed by atoms with Crippen LogP contribution in [0.5, 0.6) is 0 Å². The number of hydrogen-bond acceptors (Lipinski definition) is 2. The second-order valence-corrected chi connectivity index (χ2v) is 6.29. The van der Waals surface area contributed by atoms with Crippen LogP contribution in [0.25, 0.3) is 10.9 Å². The van der Waals surface area contributed by atoms with Gasteiger partial charge in [-0.1, -0.05) is 23.7 Å². The van der Waals surface area contributed by atoms with Crippen LogP contribution in [0.4, 0.5) is 0 Å². The Morgan fingerprint density at radius 2 is 2.19 bits per heavy atom. The maximum Gasteiger partial charge on any atom is 0.267 e. The second kappa shape index (κ2) is 5.92. The van der Waals surface area contributed by atoms with E-state index >= 15 is 0 Å². The first kappa shape index (κ1) is 14.2. The molecule has 0 bridgehead atoms. The summed E-state index contributed by atoms with van der Waals surface area (Å²) in [6, 6.07) is 11.6. The van der Waals surface area contributed by atoms with E-state index in [1.165, 1.54) is 4.88 Å². The highest BCUT2D eigenvalue weighted by atomic mass is 35.5. The van der Waals surface area contributed by atoms with Crippen LogP contribution in [0.2, 0.25) is 5.02 Å². The van der Waals surface area contributed by atoms with Crippen molar-refractivity contribution in [2.75, 3.05) is 6.54 Å². The molecule has 3 aromatic rings. The van der Waals surface area contributed by atoms with E-state index in [4.69, 9.17) is 11.6 Å². The molecular formula is C16H15ClN2OS. The minimum atomic E-state index is -0.0682. The first-order chi connectivity index (χ1) is 10.2. The van der Waals surface area contributed by atoms with Crippen molar-refractivity contribution < 1.29 is 4.79 Å². The molecule has 5 heteroatoms. The van der Waals surface area contributed by atoms with Crippen molar-refractivity contribution in [3.05, 3.63) is 57.4 Å². The number of benzene rings is 1. The van der Waals surface area contributed by atoms with Gasteiger partial charge in [0.1, 0.15) is 5.69 Å². The molecule has 0 atom stereocenters. The Morgan fingerprint density at radius 1 is 1.33 bits per heavy atom. The molecule has 21 heavy (non-hydrogen) atoms. The summed E-state index contributed by atoms with van der Waals surface area (Å²) >= 11 is 7.88. The van der Waals surface area contributed by atoms with E-state index in [2.05, 4.69) is 11.4 Å². The summed E-state index contributed by atoms with van der Waals surface area (Å²) in [6.45, 7) is 0.634. The Labute approximate surface area is 132 Å². The number of aryl methyl sites for hydroxylation is 1. The van der Waals surface area contributed by atoms with E-state index in [0.717, 1.165) is 17.3 Å². The largest absolute Gasteiger partial charge is 0.350 e. The summed E-state index contributed by atoms with van der Waals surface area (Å²) in [5, 5.41) is 6.58. The summed E-state index contributed by atoms with van der Waals surface area (Å²) in [6.07, 6.45) is 0.855. The van der Waals surface area contributed by atoms with E-state index in [0.29, 0.717) is 17.3 Å². The smallest absolute Gasteiger partial charge is 0.267 e. The van der Waals surface area contributed by atoms with Gasteiger partial charge >= 0.3 is 0 Å². The van der Waals surface area contributed by atoms with Crippen molar-refractivity contribution in [2.24, 2.45) is 7.05 Å². The molecule has 1 amide bonds. The highest BCUT2D eigenvalue weighted by molar-refractivity contribution is 7.09. The summed E-state index contributed by atoms with van der Waals surface area (Å²) < 4.78 is 1.88. The van der Waals surface area contributed by atoms with Gasteiger partial charge in [-0.05, 0) is 36.1 Å². The van der Waals surface area contributed by atoms with Crippen molar-refractivity contribution in [3.63, 3.8) is 0 Å². The summed E-state index contributed by atoms with van der Waals surface area (Å²) in [5.41, 5.74) is 1.59. The van der Waals surface area contributed by atoms with Gasteiger partial charge in [0.05, 0.1) is 0 Å². The van der Waals surface area contributed by atoms with E-state index in [1.807, 2.05) is 47.3 Å². The molecule has 0 unspecified atom stereocenters. The van der Waals surface area contributed by atoms with Crippen LogP contribution in [0, 0.1) is 0 Å². The lowest BCUT2D eigenvalue weighted by atomic mass is 10.2. The summed E-state index contributed by atoms with van der Waals surface area (Å²) in [4.78, 5) is 13.6. The van der Waals surface area contributed by atoms with Crippen LogP contribution in [0.1, 0.15) is 15.4 Å². The van der Waals surface area contributed by atoms with Gasteiger partial charge in [0.15, 0.2) is 0 Å². The molecule has 0 aliphatic heterocycles. The van der Waals surface area contributed by atoms with Crippen molar-refractivity contribution in [1.29, 1.82) is 0 Å². The van der Waals surface area contributed by atoms with Gasteiger partial charge in [-0.3, -0.25) is 4.79 Å². The number of rotatable bonds is 4. The van der Waals surface area contributed by atoms with Crippen molar-refractivity contribution in [2.45, 2.75) is 6.42 Å². The number of nitrogens with zero attached hydrogens (tertiary/aromatic N) is 1. The topological polar surface area (TPSA) is 34.0 Å². The average molecular weight is 319 g/mol. The van der Waals surface area contributed by atoms with E-state index < -0.39 is 0 Å². The fraction of sp³-hybridized carbons (Fsp3) is 0.188. The SMILES string of the molecule is Cn1c(C(=O)NCCc2cccs2)cc2c(Cl)cccc21. The molecule has 2 aromatic heterocycles. The lowest BCUT2D eigenvalue weighted by molar-refractivity contribution is 0.0946. The van der Waals surface area contributed by atoms with Gasteiger partial charge in [0, 0.05) is 34.4 Å². The predicted octanol–water partition coefficient (Wildman–Crippen LogP) is 3.87. The lowest BCUT2D eigenvalue weighted by Gasteiger charge is -2.05. The van der Waals surface area contributed by atoms with Crippen LogP contribution in [0.15, 0.2) is 41.8 Å². The Bertz CT molecular complexity index is 777. The maximum atomic E-state index is 12.3. The number of halogens is 1. The molecule has 3 rings (SSSR count). The number of amides is 1. The number of hydrogen-bond donors (Lipinski definition) is 1. The fourth-order valence-electron chi connectivity index (χ4n) is 2.39. The molecular weight excluding hydrogens is 304 g/mol. The monoisotopic (exact) mass is 318 g/mol. The first-order valence-electron chi connectivity index (χ1n) is 6.71. The van der Waals surface area contributed by atoms with Crippen LogP contribution >= 0.6 is 22.9 Å². The quantitative estimate of drug-likeness (QED) is 0.778. The van der Waals surface area contributed by atoms with Gasteiger partial charge in [0.25, 0.3) is 5.91 Å². The first-order valence-corrected chi connectivity index (χ1v) is 7.97. The van der Waals surface area contributed by atoms with Crippen LogP contribution in [-0.4, -0.2) is 17.0 Å². The van der Waals surface area contributed by atoms with Crippen molar-refractivity contribution in [3.8, 4) is 0 Å². The van der Waals surface area contributed by atoms with Crippen LogP contribution in [0.3, 0.4) is 0 Å². The molecule has 0 radical (unpaired) electrons. The van der Waals surface area contributed by atoms with Gasteiger partial charge < -0.3 is 9.88 Å². The normalized spacial score (nSPS) is 11.0. The fourth-order valence-corrected chi connectivity index (χ4v) is 3.32. The molecule has 0 saturated heterocycles. The van der Waals surface area contributed by atoms with E-state index in [-0.39, 0.29) is 5.91 Å². The number of aromatic nitrogens is 1. The molecule has 0 aliphatic carbocycles. The molecule has 0 spiro atoms.